The Morgan fingerprint density at radius 1 is 1.06 bits per heavy atom. The molecule has 2 aromatic carbocycles. The normalized spacial score (nSPS) is 21.2. The van der Waals surface area contributed by atoms with Gasteiger partial charge in [0.25, 0.3) is 0 Å². The Morgan fingerprint density at radius 2 is 1.84 bits per heavy atom. The lowest BCUT2D eigenvalue weighted by Crippen LogP contribution is -2.47. The van der Waals surface area contributed by atoms with E-state index in [1.807, 2.05) is 30.5 Å². The molecule has 1 unspecified atom stereocenters. The highest BCUT2D eigenvalue weighted by atomic mass is 16.5. The number of ether oxygens (including phenoxy) is 1. The van der Waals surface area contributed by atoms with E-state index in [0.717, 1.165) is 49.6 Å². The van der Waals surface area contributed by atoms with Gasteiger partial charge in [-0.1, -0.05) is 61.4 Å². The summed E-state index contributed by atoms with van der Waals surface area (Å²) < 4.78 is 5.93. The zero-order valence-electron chi connectivity index (χ0n) is 18.0. The molecule has 1 atom stereocenters. The predicted octanol–water partition coefficient (Wildman–Crippen LogP) is 4.76. The first-order chi connectivity index (χ1) is 15.2. The lowest BCUT2D eigenvalue weighted by Gasteiger charge is -2.35. The molecule has 1 saturated heterocycles. The average molecular weight is 415 g/mol. The molecule has 2 aliphatic rings. The topological polar surface area (TPSA) is 42.4 Å². The third kappa shape index (κ3) is 4.09. The van der Waals surface area contributed by atoms with Crippen molar-refractivity contribution in [1.29, 1.82) is 0 Å². The number of aromatic nitrogens is 1. The van der Waals surface area contributed by atoms with Crippen molar-refractivity contribution in [2.24, 2.45) is 5.92 Å². The molecule has 31 heavy (non-hydrogen) atoms. The number of hydrogen-bond donors (Lipinski definition) is 0. The first-order valence-corrected chi connectivity index (χ1v) is 11.5. The van der Waals surface area contributed by atoms with Gasteiger partial charge in [0, 0.05) is 30.6 Å². The van der Waals surface area contributed by atoms with Gasteiger partial charge in [-0.15, -0.1) is 0 Å². The summed E-state index contributed by atoms with van der Waals surface area (Å²) in [6.07, 6.45) is 7.00. The maximum Gasteiger partial charge on any atom is 0.233 e. The zero-order chi connectivity index (χ0) is 21.1. The van der Waals surface area contributed by atoms with E-state index in [-0.39, 0.29) is 11.3 Å². The summed E-state index contributed by atoms with van der Waals surface area (Å²) in [5.74, 6) is 0.576. The Labute approximate surface area is 184 Å². The molecule has 0 radical (unpaired) electrons. The Balaban J connectivity index is 1.36. The molecule has 1 saturated carbocycles. The molecule has 0 N–H and O–H groups in total. The van der Waals surface area contributed by atoms with Gasteiger partial charge in [0.1, 0.15) is 0 Å². The second-order valence-electron chi connectivity index (χ2n) is 9.09. The lowest BCUT2D eigenvalue weighted by atomic mass is 9.77. The number of carbonyl (C=O) groups excluding carboxylic acids is 1. The average Bonchev–Trinajstić information content (AvgIpc) is 3.21. The van der Waals surface area contributed by atoms with Crippen LogP contribution in [0.4, 0.5) is 0 Å². The fourth-order valence-electron chi connectivity index (χ4n) is 5.41. The van der Waals surface area contributed by atoms with E-state index in [2.05, 4.69) is 46.3 Å². The van der Waals surface area contributed by atoms with Crippen LogP contribution in [0.3, 0.4) is 0 Å². The number of para-hydroxylation sites is 1. The van der Waals surface area contributed by atoms with Gasteiger partial charge in [0.2, 0.25) is 5.91 Å². The molecular formula is C27H30N2O2. The Bertz CT molecular complexity index is 1040. The molecule has 4 heteroatoms. The monoisotopic (exact) mass is 414 g/mol. The van der Waals surface area contributed by atoms with Crippen LogP contribution in [0, 0.1) is 5.92 Å². The molecule has 2 fully saturated rings. The second kappa shape index (κ2) is 8.80. The van der Waals surface area contributed by atoms with Gasteiger partial charge in [-0.25, -0.2) is 0 Å². The molecule has 1 aromatic heterocycles. The van der Waals surface area contributed by atoms with E-state index in [1.54, 1.807) is 0 Å². The van der Waals surface area contributed by atoms with Crippen LogP contribution in [0.2, 0.25) is 0 Å². The minimum absolute atomic E-state index is 0.281. The van der Waals surface area contributed by atoms with Crippen molar-refractivity contribution in [1.82, 2.24) is 9.88 Å². The molecule has 4 nitrogen and oxygen atoms in total. The number of rotatable bonds is 4. The van der Waals surface area contributed by atoms with E-state index in [0.29, 0.717) is 25.7 Å². The summed E-state index contributed by atoms with van der Waals surface area (Å²) in [7, 11) is 0. The Hall–Kier alpha value is -2.72. The van der Waals surface area contributed by atoms with Crippen molar-refractivity contribution < 1.29 is 9.53 Å². The fraction of sp³-hybridized carbons (Fsp3) is 0.407. The van der Waals surface area contributed by atoms with Crippen molar-refractivity contribution in [3.05, 3.63) is 78.0 Å². The van der Waals surface area contributed by atoms with Crippen molar-refractivity contribution >= 4 is 16.8 Å². The summed E-state index contributed by atoms with van der Waals surface area (Å²) in [4.78, 5) is 20.6. The van der Waals surface area contributed by atoms with E-state index in [9.17, 15) is 4.79 Å². The highest BCUT2D eigenvalue weighted by Gasteiger charge is 2.45. The Morgan fingerprint density at radius 3 is 2.68 bits per heavy atom. The number of carbonyl (C=O) groups is 1. The smallest absolute Gasteiger partial charge is 0.233 e. The van der Waals surface area contributed by atoms with Crippen molar-refractivity contribution in [3.8, 4) is 0 Å². The number of pyridine rings is 1. The van der Waals surface area contributed by atoms with Crippen LogP contribution < -0.4 is 0 Å². The number of fused-ring (bicyclic) bond motifs is 1. The van der Waals surface area contributed by atoms with Crippen LogP contribution in [0.15, 0.2) is 66.9 Å². The SMILES string of the molecule is O=C(N1CCOCC(Cc2cnc3ccccc3c2)C1)C1(c2ccccc2)CCCC1. The number of nitrogens with zero attached hydrogens (tertiary/aromatic N) is 2. The summed E-state index contributed by atoms with van der Waals surface area (Å²) in [5.41, 5.74) is 3.05. The maximum absolute atomic E-state index is 13.9. The van der Waals surface area contributed by atoms with Crippen LogP contribution in [0.1, 0.15) is 36.8 Å². The summed E-state index contributed by atoms with van der Waals surface area (Å²) in [6, 6.07) is 20.9. The minimum Gasteiger partial charge on any atom is -0.379 e. The van der Waals surface area contributed by atoms with Crippen molar-refractivity contribution in [2.75, 3.05) is 26.3 Å². The molecule has 1 aliphatic heterocycles. The van der Waals surface area contributed by atoms with Gasteiger partial charge in [-0.2, -0.15) is 0 Å². The van der Waals surface area contributed by atoms with Gasteiger partial charge in [0.05, 0.1) is 24.1 Å². The fourth-order valence-corrected chi connectivity index (χ4v) is 5.41. The summed E-state index contributed by atoms with van der Waals surface area (Å²) in [5, 5.41) is 1.16. The van der Waals surface area contributed by atoms with Crippen LogP contribution in [-0.4, -0.2) is 42.1 Å². The molecule has 5 rings (SSSR count). The number of hydrogen-bond acceptors (Lipinski definition) is 3. The quantitative estimate of drug-likeness (QED) is 0.618. The third-order valence-corrected chi connectivity index (χ3v) is 6.99. The molecule has 160 valence electrons. The van der Waals surface area contributed by atoms with E-state index in [1.165, 1.54) is 11.1 Å². The van der Waals surface area contributed by atoms with Crippen LogP contribution in [0.5, 0.6) is 0 Å². The summed E-state index contributed by atoms with van der Waals surface area (Å²) >= 11 is 0. The first-order valence-electron chi connectivity index (χ1n) is 11.5. The van der Waals surface area contributed by atoms with Gasteiger partial charge in [0.15, 0.2) is 0 Å². The van der Waals surface area contributed by atoms with Crippen molar-refractivity contribution in [2.45, 2.75) is 37.5 Å². The molecule has 1 aliphatic carbocycles. The van der Waals surface area contributed by atoms with E-state index in [4.69, 9.17) is 4.74 Å². The zero-order valence-corrected chi connectivity index (χ0v) is 18.0. The highest BCUT2D eigenvalue weighted by Crippen LogP contribution is 2.43. The molecule has 1 amide bonds. The third-order valence-electron chi connectivity index (χ3n) is 6.99. The largest absolute Gasteiger partial charge is 0.379 e. The number of amides is 1. The second-order valence-corrected chi connectivity index (χ2v) is 9.09. The van der Waals surface area contributed by atoms with Crippen LogP contribution >= 0.6 is 0 Å². The molecule has 3 aromatic rings. The van der Waals surface area contributed by atoms with Gasteiger partial charge >= 0.3 is 0 Å². The van der Waals surface area contributed by atoms with Gasteiger partial charge in [-0.3, -0.25) is 9.78 Å². The van der Waals surface area contributed by atoms with Gasteiger partial charge in [-0.05, 0) is 42.5 Å². The molecule has 0 bridgehead atoms. The molecular weight excluding hydrogens is 384 g/mol. The van der Waals surface area contributed by atoms with Crippen LogP contribution in [0.25, 0.3) is 10.9 Å². The predicted molar refractivity (Wildman–Crippen MR) is 123 cm³/mol. The molecule has 0 spiro atoms. The lowest BCUT2D eigenvalue weighted by molar-refractivity contribution is -0.137. The Kier molecular flexibility index (Phi) is 5.73. The van der Waals surface area contributed by atoms with Crippen LogP contribution in [-0.2, 0) is 21.4 Å². The van der Waals surface area contributed by atoms with Crippen molar-refractivity contribution in [3.63, 3.8) is 0 Å². The highest BCUT2D eigenvalue weighted by molar-refractivity contribution is 5.88. The minimum atomic E-state index is -0.360. The van der Waals surface area contributed by atoms with E-state index >= 15 is 0 Å². The maximum atomic E-state index is 13.9. The van der Waals surface area contributed by atoms with Gasteiger partial charge < -0.3 is 9.64 Å². The first kappa shape index (κ1) is 20.2. The van der Waals surface area contributed by atoms with E-state index < -0.39 is 0 Å². The summed E-state index contributed by atoms with van der Waals surface area (Å²) in [6.45, 7) is 2.73. The standard InChI is InChI=1S/C27H30N2O2/c30-26(27(12-6-7-13-27)24-9-2-1-3-10-24)29-14-15-31-20-22(19-29)16-21-17-23-8-4-5-11-25(23)28-18-21/h1-5,8-11,17-18,22H,6-7,12-16,19-20H2. The molecule has 2 heterocycles. The number of benzene rings is 2.